The van der Waals surface area contributed by atoms with Crippen LogP contribution in [-0.2, 0) is 36.8 Å². The van der Waals surface area contributed by atoms with Gasteiger partial charge in [0, 0.05) is 20.2 Å². The zero-order valence-electron chi connectivity index (χ0n) is 30.3. The van der Waals surface area contributed by atoms with Crippen LogP contribution < -0.4 is 26.1 Å². The lowest BCUT2D eigenvalue weighted by atomic mass is 9.98. The SMILES string of the molecule is CCOC(=O)N[C@H](C(=O)N[C@@H](Cc1ccccc1)[C@@H](O)CN(Cc1ccc(OCCOC)cc1)NC(=O)[C@@H](NC(=O)OCC)C(C)C)C(C)C. The average molecular weight is 702 g/mol. The van der Waals surface area contributed by atoms with Crippen LogP contribution in [0.15, 0.2) is 54.6 Å². The molecule has 2 rings (SSSR count). The Kier molecular flexibility index (Phi) is 18.7. The quantitative estimate of drug-likeness (QED) is 0.0960. The van der Waals surface area contributed by atoms with Crippen molar-refractivity contribution in [1.29, 1.82) is 0 Å². The van der Waals surface area contributed by atoms with Gasteiger partial charge in [0.2, 0.25) is 5.91 Å². The predicted molar refractivity (Wildman–Crippen MR) is 188 cm³/mol. The highest BCUT2D eigenvalue weighted by Crippen LogP contribution is 2.16. The molecule has 0 saturated heterocycles. The third kappa shape index (κ3) is 15.0. The van der Waals surface area contributed by atoms with Crippen molar-refractivity contribution >= 4 is 24.0 Å². The number of ether oxygens (including phenoxy) is 4. The number of hydrogen-bond donors (Lipinski definition) is 5. The molecule has 4 amide bonds. The van der Waals surface area contributed by atoms with Crippen LogP contribution in [-0.4, -0.2) is 98.4 Å². The van der Waals surface area contributed by atoms with Crippen LogP contribution in [0.3, 0.4) is 0 Å². The van der Waals surface area contributed by atoms with E-state index in [9.17, 15) is 24.3 Å². The molecule has 0 aliphatic rings. The lowest BCUT2D eigenvalue weighted by Crippen LogP contribution is -2.59. The second-order valence-corrected chi connectivity index (χ2v) is 12.4. The number of aliphatic hydroxyl groups excluding tert-OH is 1. The van der Waals surface area contributed by atoms with E-state index in [4.69, 9.17) is 18.9 Å². The van der Waals surface area contributed by atoms with Crippen LogP contribution in [0.25, 0.3) is 0 Å². The fourth-order valence-electron chi connectivity index (χ4n) is 4.98. The van der Waals surface area contributed by atoms with Gasteiger partial charge in [-0.2, -0.15) is 0 Å². The minimum absolute atomic E-state index is 0.114. The Hall–Kier alpha value is -4.40. The summed E-state index contributed by atoms with van der Waals surface area (Å²) in [6.45, 7) is 11.7. The van der Waals surface area contributed by atoms with Crippen LogP contribution in [0.4, 0.5) is 9.59 Å². The van der Waals surface area contributed by atoms with Crippen LogP contribution in [0.5, 0.6) is 5.75 Å². The van der Waals surface area contributed by atoms with Gasteiger partial charge in [0.05, 0.1) is 32.0 Å². The number of carbonyl (C=O) groups is 4. The highest BCUT2D eigenvalue weighted by Gasteiger charge is 2.32. The first-order chi connectivity index (χ1) is 23.9. The molecule has 0 heterocycles. The van der Waals surface area contributed by atoms with Crippen molar-refractivity contribution in [3.05, 3.63) is 65.7 Å². The summed E-state index contributed by atoms with van der Waals surface area (Å²) < 4.78 is 20.7. The largest absolute Gasteiger partial charge is 0.491 e. The van der Waals surface area contributed by atoms with Crippen molar-refractivity contribution in [2.75, 3.05) is 40.1 Å². The van der Waals surface area contributed by atoms with Crippen molar-refractivity contribution in [1.82, 2.24) is 26.4 Å². The molecule has 2 aromatic carbocycles. The maximum atomic E-state index is 13.6. The van der Waals surface area contributed by atoms with Gasteiger partial charge in [0.15, 0.2) is 0 Å². The Morgan fingerprint density at radius 2 is 1.30 bits per heavy atom. The van der Waals surface area contributed by atoms with Gasteiger partial charge in [-0.1, -0.05) is 70.2 Å². The topological polar surface area (TPSA) is 177 Å². The van der Waals surface area contributed by atoms with E-state index in [1.807, 2.05) is 42.5 Å². The molecule has 0 radical (unpaired) electrons. The fourth-order valence-corrected chi connectivity index (χ4v) is 4.98. The molecule has 4 atom stereocenters. The van der Waals surface area contributed by atoms with Gasteiger partial charge in [-0.25, -0.2) is 14.6 Å². The molecule has 0 fully saturated rings. The highest BCUT2D eigenvalue weighted by atomic mass is 16.6. The summed E-state index contributed by atoms with van der Waals surface area (Å²) >= 11 is 0. The Bertz CT molecular complexity index is 1310. The minimum Gasteiger partial charge on any atom is -0.491 e. The van der Waals surface area contributed by atoms with E-state index in [-0.39, 0.29) is 44.6 Å². The van der Waals surface area contributed by atoms with Crippen LogP contribution in [0.1, 0.15) is 52.7 Å². The third-order valence-corrected chi connectivity index (χ3v) is 7.62. The number of alkyl carbamates (subject to hydrolysis) is 2. The first-order valence-electron chi connectivity index (χ1n) is 17.0. The van der Waals surface area contributed by atoms with E-state index in [0.717, 1.165) is 11.1 Å². The van der Waals surface area contributed by atoms with E-state index < -0.39 is 48.2 Å². The van der Waals surface area contributed by atoms with Crippen LogP contribution in [0.2, 0.25) is 0 Å². The molecule has 14 heteroatoms. The molecular formula is C36H55N5O9. The van der Waals surface area contributed by atoms with E-state index in [2.05, 4.69) is 21.4 Å². The van der Waals surface area contributed by atoms with E-state index in [1.54, 1.807) is 60.8 Å². The normalized spacial score (nSPS) is 13.6. The maximum Gasteiger partial charge on any atom is 0.407 e. The summed E-state index contributed by atoms with van der Waals surface area (Å²) in [5, 5.41) is 21.4. The lowest BCUT2D eigenvalue weighted by molar-refractivity contribution is -0.131. The van der Waals surface area contributed by atoms with Gasteiger partial charge >= 0.3 is 12.2 Å². The van der Waals surface area contributed by atoms with Gasteiger partial charge in [-0.15, -0.1) is 0 Å². The number of aliphatic hydroxyl groups is 1. The fraction of sp³-hybridized carbons (Fsp3) is 0.556. The van der Waals surface area contributed by atoms with Gasteiger partial charge in [0.25, 0.3) is 5.91 Å². The number of rotatable bonds is 21. The van der Waals surface area contributed by atoms with Gasteiger partial charge in [-0.05, 0) is 55.4 Å². The predicted octanol–water partition coefficient (Wildman–Crippen LogP) is 3.17. The summed E-state index contributed by atoms with van der Waals surface area (Å²) in [5.74, 6) is -0.944. The molecule has 0 bridgehead atoms. The molecular weight excluding hydrogens is 646 g/mol. The molecule has 0 spiro atoms. The average Bonchev–Trinajstić information content (AvgIpc) is 3.07. The summed E-state index contributed by atoms with van der Waals surface area (Å²) in [6, 6.07) is 13.9. The summed E-state index contributed by atoms with van der Waals surface area (Å²) in [4.78, 5) is 51.7. The number of methoxy groups -OCH3 is 1. The first-order valence-corrected chi connectivity index (χ1v) is 17.0. The smallest absolute Gasteiger partial charge is 0.407 e. The van der Waals surface area contributed by atoms with E-state index >= 15 is 0 Å². The summed E-state index contributed by atoms with van der Waals surface area (Å²) in [5.41, 5.74) is 4.51. The van der Waals surface area contributed by atoms with Gasteiger partial charge in [-0.3, -0.25) is 15.0 Å². The molecule has 2 aromatic rings. The van der Waals surface area contributed by atoms with Crippen molar-refractivity contribution in [2.24, 2.45) is 11.8 Å². The molecule has 0 unspecified atom stereocenters. The monoisotopic (exact) mass is 701 g/mol. The van der Waals surface area contributed by atoms with Crippen molar-refractivity contribution in [3.63, 3.8) is 0 Å². The summed E-state index contributed by atoms with van der Waals surface area (Å²) in [6.07, 6.45) is -2.39. The molecule has 0 aliphatic carbocycles. The molecule has 0 saturated carbocycles. The maximum absolute atomic E-state index is 13.6. The minimum atomic E-state index is -1.21. The van der Waals surface area contributed by atoms with Crippen molar-refractivity contribution < 1.29 is 43.2 Å². The Balaban J connectivity index is 2.39. The number of carbonyl (C=O) groups excluding carboxylic acids is 4. The van der Waals surface area contributed by atoms with Crippen LogP contribution in [0, 0.1) is 11.8 Å². The second kappa shape index (κ2) is 22.3. The number of nitrogens with zero attached hydrogens (tertiary/aromatic N) is 1. The number of benzene rings is 2. The van der Waals surface area contributed by atoms with Gasteiger partial charge in [0.1, 0.15) is 24.4 Å². The summed E-state index contributed by atoms with van der Waals surface area (Å²) in [7, 11) is 1.59. The molecule has 0 aliphatic heterocycles. The number of hydrazine groups is 1. The Morgan fingerprint density at radius 3 is 1.82 bits per heavy atom. The van der Waals surface area contributed by atoms with Crippen molar-refractivity contribution in [2.45, 2.75) is 78.7 Å². The zero-order valence-corrected chi connectivity index (χ0v) is 30.3. The van der Waals surface area contributed by atoms with Crippen LogP contribution >= 0.6 is 0 Å². The second-order valence-electron chi connectivity index (χ2n) is 12.4. The van der Waals surface area contributed by atoms with E-state index in [0.29, 0.717) is 19.0 Å². The third-order valence-electron chi connectivity index (χ3n) is 7.62. The standard InChI is InChI=1S/C36H55N5O9/c1-8-48-35(45)38-31(24(3)4)33(43)37-29(21-26-13-11-10-12-14-26)30(42)23-41(22-27-15-17-28(18-16-27)50-20-19-47-7)40-34(44)32(25(5)6)39-36(46)49-9-2/h10-18,24-25,29-32,42H,8-9,19-23H2,1-7H3,(H,37,43)(H,38,45)(H,39,46)(H,40,44)/t29-,30-,31-,32-/m0/s1. The molecule has 0 aromatic heterocycles. The van der Waals surface area contributed by atoms with Crippen molar-refractivity contribution in [3.8, 4) is 5.75 Å². The first kappa shape index (κ1) is 41.8. The number of nitrogens with one attached hydrogen (secondary N) is 4. The van der Waals surface area contributed by atoms with Gasteiger partial charge < -0.3 is 40.0 Å². The zero-order chi connectivity index (χ0) is 37.1. The molecule has 50 heavy (non-hydrogen) atoms. The molecule has 14 nitrogen and oxygen atoms in total. The molecule has 278 valence electrons. The number of amides is 4. The van der Waals surface area contributed by atoms with E-state index in [1.165, 1.54) is 5.01 Å². The highest BCUT2D eigenvalue weighted by molar-refractivity contribution is 5.86. The Morgan fingerprint density at radius 1 is 0.740 bits per heavy atom. The lowest BCUT2D eigenvalue weighted by Gasteiger charge is -2.33. The Labute approximate surface area is 295 Å². The number of hydrogen-bond acceptors (Lipinski definition) is 10. The molecule has 5 N–H and O–H groups in total.